The molecular formula is C23H33N3O9. The van der Waals surface area contributed by atoms with Gasteiger partial charge in [0, 0.05) is 27.0 Å². The van der Waals surface area contributed by atoms with Crippen molar-refractivity contribution < 1.29 is 43.3 Å². The molecular weight excluding hydrogens is 462 g/mol. The van der Waals surface area contributed by atoms with Crippen LogP contribution in [-0.4, -0.2) is 80.3 Å². The van der Waals surface area contributed by atoms with Crippen molar-refractivity contribution in [3.63, 3.8) is 0 Å². The summed E-state index contributed by atoms with van der Waals surface area (Å²) < 4.78 is 15.2. The number of hydrogen-bond donors (Lipinski definition) is 4. The average molecular weight is 496 g/mol. The molecule has 12 heteroatoms. The zero-order valence-corrected chi connectivity index (χ0v) is 19.9. The number of nitrogens with one attached hydrogen (secondary N) is 3. The van der Waals surface area contributed by atoms with Crippen molar-refractivity contribution in [2.24, 2.45) is 0 Å². The van der Waals surface area contributed by atoms with E-state index < -0.39 is 48.2 Å². The van der Waals surface area contributed by atoms with Gasteiger partial charge in [0.05, 0.1) is 26.2 Å². The largest absolute Gasteiger partial charge is 0.481 e. The fourth-order valence-corrected chi connectivity index (χ4v) is 2.86. The van der Waals surface area contributed by atoms with Gasteiger partial charge in [0.25, 0.3) is 0 Å². The molecule has 35 heavy (non-hydrogen) atoms. The molecule has 0 aliphatic carbocycles. The van der Waals surface area contributed by atoms with Crippen LogP contribution in [0.25, 0.3) is 0 Å². The van der Waals surface area contributed by atoms with Gasteiger partial charge in [-0.05, 0) is 12.0 Å². The Balaban J connectivity index is 2.63. The van der Waals surface area contributed by atoms with Crippen LogP contribution in [-0.2, 0) is 44.8 Å². The van der Waals surface area contributed by atoms with E-state index >= 15 is 0 Å². The van der Waals surface area contributed by atoms with E-state index in [9.17, 15) is 24.0 Å². The third-order valence-electron chi connectivity index (χ3n) is 4.56. The van der Waals surface area contributed by atoms with Crippen LogP contribution in [0.3, 0.4) is 0 Å². The number of aliphatic carboxylic acids is 1. The Labute approximate surface area is 203 Å². The minimum atomic E-state index is -1.39. The number of esters is 1. The van der Waals surface area contributed by atoms with Crippen molar-refractivity contribution in [3.05, 3.63) is 35.9 Å². The number of ether oxygens (including phenoxy) is 3. The molecule has 0 aromatic heterocycles. The Kier molecular flexibility index (Phi) is 14.3. The van der Waals surface area contributed by atoms with Gasteiger partial charge in [-0.25, -0.2) is 0 Å². The first kappa shape index (κ1) is 29.5. The molecule has 0 bridgehead atoms. The number of carboxylic acids is 1. The first-order chi connectivity index (χ1) is 16.7. The van der Waals surface area contributed by atoms with Crippen LogP contribution in [0.2, 0.25) is 0 Å². The third-order valence-corrected chi connectivity index (χ3v) is 4.56. The average Bonchev–Trinajstić information content (AvgIpc) is 2.82. The smallest absolute Gasteiger partial charge is 0.306 e. The van der Waals surface area contributed by atoms with Gasteiger partial charge in [-0.2, -0.15) is 0 Å². The molecule has 0 saturated carbocycles. The number of carbonyl (C=O) groups excluding carboxylic acids is 4. The standard InChI is InChI=1S/C23H33N3O9/c1-16(27)25-18(8-9-21(30)35-15-17-6-4-3-5-7-17)23(32)26-19(14-20(28)29)22(31)24-10-11-34-13-12-33-2/h3-7,18-19H,8-15H2,1-2H3,(H,24,31)(H,25,27)(H,26,32)(H,28,29)/t18-,19-/m0/s1. The molecule has 194 valence electrons. The van der Waals surface area contributed by atoms with Gasteiger partial charge in [-0.15, -0.1) is 0 Å². The quantitative estimate of drug-likeness (QED) is 0.168. The summed E-state index contributed by atoms with van der Waals surface area (Å²) in [5.41, 5.74) is 0.795. The molecule has 0 fully saturated rings. The number of methoxy groups -OCH3 is 1. The minimum Gasteiger partial charge on any atom is -0.481 e. The van der Waals surface area contributed by atoms with Crippen molar-refractivity contribution in [3.8, 4) is 0 Å². The summed E-state index contributed by atoms with van der Waals surface area (Å²) in [6.45, 7) is 2.23. The first-order valence-corrected chi connectivity index (χ1v) is 11.1. The van der Waals surface area contributed by atoms with E-state index in [0.29, 0.717) is 13.2 Å². The fraction of sp³-hybridized carbons (Fsp3) is 0.522. The van der Waals surface area contributed by atoms with Crippen LogP contribution in [0, 0.1) is 0 Å². The Morgan fingerprint density at radius 3 is 2.29 bits per heavy atom. The molecule has 0 radical (unpaired) electrons. The normalized spacial score (nSPS) is 12.2. The maximum atomic E-state index is 12.7. The van der Waals surface area contributed by atoms with Crippen molar-refractivity contribution in [1.82, 2.24) is 16.0 Å². The summed E-state index contributed by atoms with van der Waals surface area (Å²) in [5.74, 6) is -3.93. The van der Waals surface area contributed by atoms with E-state index in [4.69, 9.17) is 19.3 Å². The minimum absolute atomic E-state index is 0.0622. The number of rotatable bonds is 17. The van der Waals surface area contributed by atoms with Crippen molar-refractivity contribution >= 4 is 29.7 Å². The lowest BCUT2D eigenvalue weighted by molar-refractivity contribution is -0.145. The summed E-state index contributed by atoms with van der Waals surface area (Å²) in [6.07, 6.45) is -0.957. The van der Waals surface area contributed by atoms with Crippen LogP contribution in [0.15, 0.2) is 30.3 Å². The Bertz CT molecular complexity index is 833. The van der Waals surface area contributed by atoms with E-state index in [0.717, 1.165) is 5.56 Å². The summed E-state index contributed by atoms with van der Waals surface area (Å²) in [4.78, 5) is 60.0. The van der Waals surface area contributed by atoms with Gasteiger partial charge in [0.2, 0.25) is 17.7 Å². The van der Waals surface area contributed by atoms with Gasteiger partial charge in [0.1, 0.15) is 18.7 Å². The summed E-state index contributed by atoms with van der Waals surface area (Å²) in [7, 11) is 1.52. The molecule has 0 saturated heterocycles. The van der Waals surface area contributed by atoms with Gasteiger partial charge in [-0.3, -0.25) is 24.0 Å². The van der Waals surface area contributed by atoms with E-state index in [1.54, 1.807) is 24.3 Å². The first-order valence-electron chi connectivity index (χ1n) is 11.1. The monoisotopic (exact) mass is 495 g/mol. The molecule has 1 aromatic rings. The predicted molar refractivity (Wildman–Crippen MR) is 123 cm³/mol. The highest BCUT2D eigenvalue weighted by molar-refractivity contribution is 5.93. The Morgan fingerprint density at radius 2 is 1.66 bits per heavy atom. The van der Waals surface area contributed by atoms with E-state index in [2.05, 4.69) is 16.0 Å². The van der Waals surface area contributed by atoms with Crippen LogP contribution in [0.4, 0.5) is 0 Å². The second kappa shape index (κ2) is 17.0. The highest BCUT2D eigenvalue weighted by Gasteiger charge is 2.28. The van der Waals surface area contributed by atoms with Crippen molar-refractivity contribution in [1.29, 1.82) is 0 Å². The lowest BCUT2D eigenvalue weighted by Crippen LogP contribution is -2.54. The molecule has 3 amide bonds. The summed E-state index contributed by atoms with van der Waals surface area (Å²) in [6, 6.07) is 6.46. The molecule has 12 nitrogen and oxygen atoms in total. The van der Waals surface area contributed by atoms with E-state index in [1.165, 1.54) is 14.0 Å². The third kappa shape index (κ3) is 13.7. The molecule has 0 spiro atoms. The van der Waals surface area contributed by atoms with Crippen molar-refractivity contribution in [2.75, 3.05) is 33.5 Å². The fourth-order valence-electron chi connectivity index (χ4n) is 2.86. The second-order valence-corrected chi connectivity index (χ2v) is 7.49. The molecule has 0 heterocycles. The SMILES string of the molecule is COCCOCCNC(=O)[C@H](CC(=O)O)NC(=O)[C@H](CCC(=O)OCc1ccccc1)NC(C)=O. The van der Waals surface area contributed by atoms with Gasteiger partial charge in [0.15, 0.2) is 0 Å². The Hall–Kier alpha value is -3.51. The molecule has 4 N–H and O–H groups in total. The van der Waals surface area contributed by atoms with Crippen molar-refractivity contribution in [2.45, 2.75) is 44.9 Å². The van der Waals surface area contributed by atoms with Gasteiger partial charge < -0.3 is 35.3 Å². The summed E-state index contributed by atoms with van der Waals surface area (Å²) >= 11 is 0. The van der Waals surface area contributed by atoms with Gasteiger partial charge in [-0.1, -0.05) is 30.3 Å². The van der Waals surface area contributed by atoms with Crippen LogP contribution >= 0.6 is 0 Å². The number of amides is 3. The molecule has 1 rings (SSSR count). The van der Waals surface area contributed by atoms with E-state index in [-0.39, 0.29) is 32.6 Å². The molecule has 1 aromatic carbocycles. The lowest BCUT2D eigenvalue weighted by atomic mass is 10.1. The maximum Gasteiger partial charge on any atom is 0.306 e. The second-order valence-electron chi connectivity index (χ2n) is 7.49. The Morgan fingerprint density at radius 1 is 0.943 bits per heavy atom. The zero-order chi connectivity index (χ0) is 26.1. The van der Waals surface area contributed by atoms with E-state index in [1.807, 2.05) is 6.07 Å². The number of benzene rings is 1. The molecule has 0 aliphatic rings. The molecule has 2 atom stereocenters. The number of carbonyl (C=O) groups is 5. The number of carboxylic acid groups (broad SMARTS) is 1. The summed E-state index contributed by atoms with van der Waals surface area (Å²) in [5, 5.41) is 16.4. The maximum absolute atomic E-state index is 12.7. The van der Waals surface area contributed by atoms with Crippen LogP contribution in [0.1, 0.15) is 31.7 Å². The van der Waals surface area contributed by atoms with Gasteiger partial charge >= 0.3 is 11.9 Å². The van der Waals surface area contributed by atoms with Crippen LogP contribution in [0.5, 0.6) is 0 Å². The topological polar surface area (TPSA) is 169 Å². The molecule has 0 unspecified atom stereocenters. The predicted octanol–water partition coefficient (Wildman–Crippen LogP) is -0.247. The molecule has 0 aliphatic heterocycles. The highest BCUT2D eigenvalue weighted by Crippen LogP contribution is 2.06. The number of hydrogen-bond acceptors (Lipinski definition) is 8. The highest BCUT2D eigenvalue weighted by atomic mass is 16.5. The zero-order valence-electron chi connectivity index (χ0n) is 19.9. The van der Waals surface area contributed by atoms with Crippen LogP contribution < -0.4 is 16.0 Å². The lowest BCUT2D eigenvalue weighted by Gasteiger charge is -2.22.